The van der Waals surface area contributed by atoms with Gasteiger partial charge >= 0.3 is 0 Å². The van der Waals surface area contributed by atoms with Gasteiger partial charge in [-0.15, -0.1) is 0 Å². The van der Waals surface area contributed by atoms with Crippen molar-refractivity contribution in [2.75, 3.05) is 0 Å². The summed E-state index contributed by atoms with van der Waals surface area (Å²) in [4.78, 5) is 4.47. The fraction of sp³-hybridized carbons (Fsp3) is 0.308. The van der Waals surface area contributed by atoms with Crippen LogP contribution in [0, 0.1) is 12.7 Å². The van der Waals surface area contributed by atoms with E-state index in [-0.39, 0.29) is 11.7 Å². The molecule has 0 aliphatic rings. The first-order chi connectivity index (χ1) is 7.50. The van der Waals surface area contributed by atoms with Crippen LogP contribution in [0.1, 0.15) is 31.0 Å². The zero-order valence-electron chi connectivity index (χ0n) is 9.51. The highest BCUT2D eigenvalue weighted by Crippen LogP contribution is 2.29. The Labute approximate surface area is 99.3 Å². The highest BCUT2D eigenvalue weighted by Gasteiger charge is 2.12. The molecule has 84 valence electrons. The highest BCUT2D eigenvalue weighted by atomic mass is 35.5. The van der Waals surface area contributed by atoms with E-state index in [1.807, 2.05) is 20.8 Å². The number of benzene rings is 1. The smallest absolute Gasteiger partial charge is 0.134 e. The van der Waals surface area contributed by atoms with Crippen LogP contribution in [0.2, 0.25) is 5.02 Å². The van der Waals surface area contributed by atoms with Crippen molar-refractivity contribution in [2.24, 2.45) is 0 Å². The van der Waals surface area contributed by atoms with Crippen LogP contribution in [0.3, 0.4) is 0 Å². The molecule has 0 bridgehead atoms. The molecule has 0 radical (unpaired) electrons. The number of hydrogen-bond acceptors (Lipinski definition) is 1. The van der Waals surface area contributed by atoms with Gasteiger partial charge in [-0.1, -0.05) is 31.5 Å². The van der Waals surface area contributed by atoms with Crippen molar-refractivity contribution in [1.29, 1.82) is 0 Å². The summed E-state index contributed by atoms with van der Waals surface area (Å²) in [5.74, 6) is -0.0297. The minimum atomic E-state index is -0.312. The van der Waals surface area contributed by atoms with Gasteiger partial charge in [-0.25, -0.2) is 4.39 Å². The van der Waals surface area contributed by atoms with Crippen molar-refractivity contribution in [3.05, 3.63) is 40.3 Å². The van der Waals surface area contributed by atoms with E-state index in [4.69, 9.17) is 11.6 Å². The van der Waals surface area contributed by atoms with E-state index >= 15 is 0 Å². The Bertz CT molecular complexity index is 549. The summed E-state index contributed by atoms with van der Waals surface area (Å²) in [6.45, 7) is 5.99. The highest BCUT2D eigenvalue weighted by molar-refractivity contribution is 6.35. The largest absolute Gasteiger partial charge is 0.252 e. The van der Waals surface area contributed by atoms with E-state index in [1.165, 1.54) is 6.07 Å². The summed E-state index contributed by atoms with van der Waals surface area (Å²) in [5, 5.41) is 0.862. The molecule has 16 heavy (non-hydrogen) atoms. The van der Waals surface area contributed by atoms with Gasteiger partial charge in [0, 0.05) is 5.69 Å². The van der Waals surface area contributed by atoms with Gasteiger partial charge in [0.2, 0.25) is 0 Å². The second kappa shape index (κ2) is 4.02. The van der Waals surface area contributed by atoms with Crippen LogP contribution in [-0.4, -0.2) is 4.98 Å². The lowest BCUT2D eigenvalue weighted by Gasteiger charge is -2.10. The number of halogens is 2. The van der Waals surface area contributed by atoms with Gasteiger partial charge < -0.3 is 0 Å². The van der Waals surface area contributed by atoms with Crippen molar-refractivity contribution in [3.8, 4) is 0 Å². The molecule has 0 spiro atoms. The molecule has 0 unspecified atom stereocenters. The predicted molar refractivity (Wildman–Crippen MR) is 65.5 cm³/mol. The lowest BCUT2D eigenvalue weighted by atomic mass is 10.1. The third kappa shape index (κ3) is 1.78. The minimum Gasteiger partial charge on any atom is -0.252 e. The topological polar surface area (TPSA) is 12.9 Å². The van der Waals surface area contributed by atoms with E-state index in [2.05, 4.69) is 4.98 Å². The molecule has 1 heterocycles. The molecule has 2 rings (SSSR count). The Morgan fingerprint density at radius 2 is 2.00 bits per heavy atom. The SMILES string of the molecule is Cc1ccc(F)c2c(Cl)cc(C(C)C)nc12. The number of aryl methyl sites for hydroxylation is 1. The van der Waals surface area contributed by atoms with Crippen LogP contribution in [0.25, 0.3) is 10.9 Å². The molecule has 1 nitrogen and oxygen atoms in total. The van der Waals surface area contributed by atoms with E-state index < -0.39 is 0 Å². The first kappa shape index (κ1) is 11.3. The number of fused-ring (bicyclic) bond motifs is 1. The van der Waals surface area contributed by atoms with E-state index in [0.29, 0.717) is 15.9 Å². The van der Waals surface area contributed by atoms with Crippen LogP contribution in [-0.2, 0) is 0 Å². The average Bonchev–Trinajstić information content (AvgIpc) is 2.22. The van der Waals surface area contributed by atoms with Gasteiger partial charge in [0.1, 0.15) is 5.82 Å². The third-order valence-electron chi connectivity index (χ3n) is 2.67. The quantitative estimate of drug-likeness (QED) is 0.714. The molecule has 0 atom stereocenters. The Morgan fingerprint density at radius 3 is 2.62 bits per heavy atom. The van der Waals surface area contributed by atoms with Gasteiger partial charge in [0.15, 0.2) is 0 Å². The van der Waals surface area contributed by atoms with Gasteiger partial charge in [-0.3, -0.25) is 4.98 Å². The molecule has 0 N–H and O–H groups in total. The number of rotatable bonds is 1. The van der Waals surface area contributed by atoms with Gasteiger partial charge in [0.05, 0.1) is 15.9 Å². The second-order valence-electron chi connectivity index (χ2n) is 4.27. The molecule has 0 aliphatic heterocycles. The number of hydrogen-bond donors (Lipinski definition) is 0. The summed E-state index contributed by atoms with van der Waals surface area (Å²) in [6.07, 6.45) is 0. The Kier molecular flexibility index (Phi) is 2.85. The first-order valence-electron chi connectivity index (χ1n) is 5.26. The lowest BCUT2D eigenvalue weighted by Crippen LogP contribution is -1.96. The fourth-order valence-electron chi connectivity index (χ4n) is 1.70. The van der Waals surface area contributed by atoms with Crippen LogP contribution in [0.15, 0.2) is 18.2 Å². The number of aromatic nitrogens is 1. The van der Waals surface area contributed by atoms with E-state index in [0.717, 1.165) is 11.3 Å². The van der Waals surface area contributed by atoms with Gasteiger partial charge in [-0.05, 0) is 30.5 Å². The predicted octanol–water partition coefficient (Wildman–Crippen LogP) is 4.46. The Balaban J connectivity index is 2.86. The molecule has 2 aromatic rings. The summed E-state index contributed by atoms with van der Waals surface area (Å²) in [6, 6.07) is 4.91. The normalized spacial score (nSPS) is 11.4. The van der Waals surface area contributed by atoms with Crippen molar-refractivity contribution in [1.82, 2.24) is 4.98 Å². The maximum absolute atomic E-state index is 13.6. The van der Waals surface area contributed by atoms with E-state index in [9.17, 15) is 4.39 Å². The standard InChI is InChI=1S/C13H13ClFN/c1-7(2)11-6-9(14)12-10(15)5-4-8(3)13(12)16-11/h4-7H,1-3H3. The molecular formula is C13H13ClFN. The molecule has 0 saturated carbocycles. The molecule has 0 aliphatic carbocycles. The lowest BCUT2D eigenvalue weighted by molar-refractivity contribution is 0.639. The van der Waals surface area contributed by atoms with E-state index in [1.54, 1.807) is 12.1 Å². The summed E-state index contributed by atoms with van der Waals surface area (Å²) < 4.78 is 13.6. The van der Waals surface area contributed by atoms with Crippen molar-refractivity contribution in [3.63, 3.8) is 0 Å². The molecule has 0 saturated heterocycles. The average molecular weight is 238 g/mol. The molecule has 1 aromatic carbocycles. The zero-order chi connectivity index (χ0) is 11.9. The van der Waals surface area contributed by atoms with Gasteiger partial charge in [0.25, 0.3) is 0 Å². The van der Waals surface area contributed by atoms with Crippen LogP contribution < -0.4 is 0 Å². The summed E-state index contributed by atoms with van der Waals surface area (Å²) >= 11 is 6.10. The zero-order valence-corrected chi connectivity index (χ0v) is 10.3. The minimum absolute atomic E-state index is 0.282. The third-order valence-corrected chi connectivity index (χ3v) is 2.97. The second-order valence-corrected chi connectivity index (χ2v) is 4.68. The molecule has 0 fully saturated rings. The van der Waals surface area contributed by atoms with Crippen molar-refractivity contribution < 1.29 is 4.39 Å². The molecule has 1 aromatic heterocycles. The summed E-state index contributed by atoms with van der Waals surface area (Å²) in [7, 11) is 0. The van der Waals surface area contributed by atoms with Crippen LogP contribution in [0.5, 0.6) is 0 Å². The Morgan fingerprint density at radius 1 is 1.31 bits per heavy atom. The maximum Gasteiger partial charge on any atom is 0.134 e. The molecule has 3 heteroatoms. The fourth-order valence-corrected chi connectivity index (χ4v) is 1.99. The number of nitrogens with zero attached hydrogens (tertiary/aromatic N) is 1. The first-order valence-corrected chi connectivity index (χ1v) is 5.63. The molecule has 0 amide bonds. The monoisotopic (exact) mass is 237 g/mol. The maximum atomic E-state index is 13.6. The summed E-state index contributed by atoms with van der Waals surface area (Å²) in [5.41, 5.74) is 2.50. The van der Waals surface area contributed by atoms with Crippen molar-refractivity contribution in [2.45, 2.75) is 26.7 Å². The molecular weight excluding hydrogens is 225 g/mol. The van der Waals surface area contributed by atoms with Gasteiger partial charge in [-0.2, -0.15) is 0 Å². The van der Waals surface area contributed by atoms with Crippen LogP contribution in [0.4, 0.5) is 4.39 Å². The Hall–Kier alpha value is -1.15. The van der Waals surface area contributed by atoms with Crippen LogP contribution >= 0.6 is 11.6 Å². The number of pyridine rings is 1. The van der Waals surface area contributed by atoms with Crippen molar-refractivity contribution >= 4 is 22.5 Å².